The highest BCUT2D eigenvalue weighted by atomic mass is 16.2. The summed E-state index contributed by atoms with van der Waals surface area (Å²) < 4.78 is 0. The molecule has 1 aliphatic heterocycles. The molecule has 2 rings (SSSR count). The number of carbonyl (C=O) groups is 2. The standard InChI is InChI=1S/C11H10N4O2/c1-7-11(17)14-10(16)6-15(7)9-3-2-4-13-8(9)5-12/h2-4,7H,6H2,1H3,(H,14,16,17). The van der Waals surface area contributed by atoms with E-state index in [9.17, 15) is 9.59 Å². The molecule has 1 unspecified atom stereocenters. The van der Waals surface area contributed by atoms with Crippen LogP contribution in [0.4, 0.5) is 5.69 Å². The number of pyridine rings is 1. The van der Waals surface area contributed by atoms with Crippen molar-refractivity contribution >= 4 is 17.5 Å². The van der Waals surface area contributed by atoms with Gasteiger partial charge in [-0.2, -0.15) is 5.26 Å². The zero-order valence-corrected chi connectivity index (χ0v) is 9.17. The Labute approximate surface area is 97.9 Å². The topological polar surface area (TPSA) is 86.1 Å². The van der Waals surface area contributed by atoms with Crippen LogP contribution in [0.1, 0.15) is 12.6 Å². The number of hydrogen-bond donors (Lipinski definition) is 1. The summed E-state index contributed by atoms with van der Waals surface area (Å²) in [4.78, 5) is 28.3. The molecule has 17 heavy (non-hydrogen) atoms. The molecule has 1 aromatic heterocycles. The number of carbonyl (C=O) groups excluding carboxylic acids is 2. The summed E-state index contributed by atoms with van der Waals surface area (Å²) in [5.74, 6) is -0.741. The first-order chi connectivity index (χ1) is 8.13. The second kappa shape index (κ2) is 4.22. The number of amides is 2. The summed E-state index contributed by atoms with van der Waals surface area (Å²) in [6.45, 7) is 1.73. The number of nitriles is 1. The Kier molecular flexibility index (Phi) is 2.75. The average molecular weight is 230 g/mol. The van der Waals surface area contributed by atoms with Gasteiger partial charge in [0.1, 0.15) is 12.1 Å². The van der Waals surface area contributed by atoms with E-state index in [0.29, 0.717) is 5.69 Å². The molecule has 1 fully saturated rings. The lowest BCUT2D eigenvalue weighted by Gasteiger charge is -2.33. The molecule has 0 bridgehead atoms. The van der Waals surface area contributed by atoms with Crippen molar-refractivity contribution in [3.05, 3.63) is 24.0 Å². The first-order valence-electron chi connectivity index (χ1n) is 5.09. The number of nitrogens with one attached hydrogen (secondary N) is 1. The van der Waals surface area contributed by atoms with Gasteiger partial charge in [-0.05, 0) is 19.1 Å². The Morgan fingerprint density at radius 1 is 1.59 bits per heavy atom. The van der Waals surface area contributed by atoms with Gasteiger partial charge in [-0.3, -0.25) is 14.9 Å². The van der Waals surface area contributed by atoms with Gasteiger partial charge < -0.3 is 4.90 Å². The predicted octanol–water partition coefficient (Wildman–Crippen LogP) is -0.195. The third-order valence-electron chi connectivity index (χ3n) is 2.63. The van der Waals surface area contributed by atoms with Gasteiger partial charge in [0.25, 0.3) is 0 Å². The monoisotopic (exact) mass is 230 g/mol. The highest BCUT2D eigenvalue weighted by molar-refractivity contribution is 6.04. The van der Waals surface area contributed by atoms with Crippen molar-refractivity contribution in [1.82, 2.24) is 10.3 Å². The van der Waals surface area contributed by atoms with Gasteiger partial charge in [0.2, 0.25) is 11.8 Å². The number of piperazine rings is 1. The number of rotatable bonds is 1. The van der Waals surface area contributed by atoms with Crippen LogP contribution in [-0.2, 0) is 9.59 Å². The maximum absolute atomic E-state index is 11.5. The molecule has 1 saturated heterocycles. The number of anilines is 1. The third-order valence-corrected chi connectivity index (χ3v) is 2.63. The minimum absolute atomic E-state index is 0.0489. The second-order valence-corrected chi connectivity index (χ2v) is 3.70. The molecule has 0 saturated carbocycles. The summed E-state index contributed by atoms with van der Waals surface area (Å²) in [7, 11) is 0. The molecule has 2 amide bonds. The van der Waals surface area contributed by atoms with Crippen molar-refractivity contribution in [1.29, 1.82) is 5.26 Å². The first-order valence-corrected chi connectivity index (χ1v) is 5.09. The number of hydrogen-bond acceptors (Lipinski definition) is 5. The molecular formula is C11H10N4O2. The van der Waals surface area contributed by atoms with E-state index in [1.54, 1.807) is 24.0 Å². The zero-order chi connectivity index (χ0) is 12.4. The molecular weight excluding hydrogens is 220 g/mol. The van der Waals surface area contributed by atoms with Gasteiger partial charge in [0, 0.05) is 6.20 Å². The Bertz CT molecular complexity index is 520. The van der Waals surface area contributed by atoms with Crippen molar-refractivity contribution in [3.8, 4) is 6.07 Å². The molecule has 0 spiro atoms. The summed E-state index contributed by atoms with van der Waals surface area (Å²) >= 11 is 0. The first kappa shape index (κ1) is 11.1. The molecule has 1 N–H and O–H groups in total. The van der Waals surface area contributed by atoms with Crippen molar-refractivity contribution in [2.45, 2.75) is 13.0 Å². The van der Waals surface area contributed by atoms with E-state index in [1.807, 2.05) is 6.07 Å². The highest BCUT2D eigenvalue weighted by Crippen LogP contribution is 2.21. The fraction of sp³-hybridized carbons (Fsp3) is 0.273. The van der Waals surface area contributed by atoms with Crippen LogP contribution in [0.5, 0.6) is 0 Å². The van der Waals surface area contributed by atoms with Gasteiger partial charge in [0.05, 0.1) is 12.2 Å². The van der Waals surface area contributed by atoms with Crippen LogP contribution in [-0.4, -0.2) is 29.4 Å². The molecule has 0 aromatic carbocycles. The predicted molar refractivity (Wildman–Crippen MR) is 58.9 cm³/mol. The van der Waals surface area contributed by atoms with Crippen molar-refractivity contribution < 1.29 is 9.59 Å². The molecule has 2 heterocycles. The van der Waals surface area contributed by atoms with Gasteiger partial charge in [-0.1, -0.05) is 0 Å². The Hall–Kier alpha value is -2.42. The van der Waals surface area contributed by atoms with Crippen LogP contribution < -0.4 is 10.2 Å². The third kappa shape index (κ3) is 1.95. The van der Waals surface area contributed by atoms with Crippen molar-refractivity contribution in [3.63, 3.8) is 0 Å². The van der Waals surface area contributed by atoms with Gasteiger partial charge in [0.15, 0.2) is 5.69 Å². The van der Waals surface area contributed by atoms with E-state index in [2.05, 4.69) is 10.3 Å². The summed E-state index contributed by atoms with van der Waals surface area (Å²) in [6.07, 6.45) is 1.50. The average Bonchev–Trinajstić information content (AvgIpc) is 2.33. The minimum atomic E-state index is -0.496. The Morgan fingerprint density at radius 2 is 2.35 bits per heavy atom. The van der Waals surface area contributed by atoms with Crippen LogP contribution in [0, 0.1) is 11.3 Å². The molecule has 86 valence electrons. The van der Waals surface area contributed by atoms with E-state index < -0.39 is 6.04 Å². The quantitative estimate of drug-likeness (QED) is 0.675. The highest BCUT2D eigenvalue weighted by Gasteiger charge is 2.31. The fourth-order valence-electron chi connectivity index (χ4n) is 1.72. The molecule has 0 radical (unpaired) electrons. The SMILES string of the molecule is CC1C(=O)NC(=O)CN1c1cccnc1C#N. The van der Waals surface area contributed by atoms with E-state index in [1.165, 1.54) is 6.20 Å². The van der Waals surface area contributed by atoms with E-state index >= 15 is 0 Å². The van der Waals surface area contributed by atoms with Crippen molar-refractivity contribution in [2.75, 3.05) is 11.4 Å². The fourth-order valence-corrected chi connectivity index (χ4v) is 1.72. The minimum Gasteiger partial charge on any atom is -0.348 e. The lowest BCUT2D eigenvalue weighted by molar-refractivity contribution is -0.132. The largest absolute Gasteiger partial charge is 0.348 e. The molecule has 1 aromatic rings. The zero-order valence-electron chi connectivity index (χ0n) is 9.17. The molecule has 1 atom stereocenters. The lowest BCUT2D eigenvalue weighted by Crippen LogP contribution is -2.57. The van der Waals surface area contributed by atoms with E-state index in [4.69, 9.17) is 5.26 Å². The molecule has 6 heteroatoms. The molecule has 1 aliphatic rings. The van der Waals surface area contributed by atoms with Gasteiger partial charge in [-0.25, -0.2) is 4.98 Å². The van der Waals surface area contributed by atoms with Crippen LogP contribution in [0.25, 0.3) is 0 Å². The summed E-state index contributed by atoms with van der Waals surface area (Å²) in [6, 6.07) is 4.79. The van der Waals surface area contributed by atoms with Crippen LogP contribution in [0.3, 0.4) is 0 Å². The van der Waals surface area contributed by atoms with Gasteiger partial charge >= 0.3 is 0 Å². The second-order valence-electron chi connectivity index (χ2n) is 3.70. The smallest absolute Gasteiger partial charge is 0.249 e. The number of imide groups is 1. The summed E-state index contributed by atoms with van der Waals surface area (Å²) in [5, 5.41) is 11.2. The van der Waals surface area contributed by atoms with Gasteiger partial charge in [-0.15, -0.1) is 0 Å². The van der Waals surface area contributed by atoms with E-state index in [0.717, 1.165) is 0 Å². The summed E-state index contributed by atoms with van der Waals surface area (Å²) in [5.41, 5.74) is 0.715. The van der Waals surface area contributed by atoms with Crippen molar-refractivity contribution in [2.24, 2.45) is 0 Å². The number of nitrogens with zero attached hydrogens (tertiary/aromatic N) is 3. The van der Waals surface area contributed by atoms with Crippen LogP contribution in [0.2, 0.25) is 0 Å². The lowest BCUT2D eigenvalue weighted by atomic mass is 10.1. The Balaban J connectivity index is 2.42. The number of aromatic nitrogens is 1. The Morgan fingerprint density at radius 3 is 3.06 bits per heavy atom. The molecule has 0 aliphatic carbocycles. The van der Waals surface area contributed by atoms with Crippen LogP contribution in [0.15, 0.2) is 18.3 Å². The normalized spacial score (nSPS) is 19.8. The van der Waals surface area contributed by atoms with E-state index in [-0.39, 0.29) is 24.1 Å². The maximum Gasteiger partial charge on any atom is 0.249 e. The molecule has 6 nitrogen and oxygen atoms in total. The van der Waals surface area contributed by atoms with Crippen LogP contribution >= 0.6 is 0 Å². The maximum atomic E-state index is 11.5.